The molecule has 4 nitrogen and oxygen atoms in total. The van der Waals surface area contributed by atoms with Crippen molar-refractivity contribution in [3.8, 4) is 11.5 Å². The first-order valence-corrected chi connectivity index (χ1v) is 13.0. The van der Waals surface area contributed by atoms with E-state index >= 15 is 0 Å². The topological polar surface area (TPSA) is 51.2 Å². The molecule has 184 valence electrons. The first-order chi connectivity index (χ1) is 17.2. The van der Waals surface area contributed by atoms with Crippen molar-refractivity contribution < 1.29 is 19.3 Å². The number of epoxide rings is 1. The Hall–Kier alpha value is -2.82. The number of benzene rings is 3. The van der Waals surface area contributed by atoms with Crippen molar-refractivity contribution in [2.45, 2.75) is 56.7 Å². The van der Waals surface area contributed by atoms with Gasteiger partial charge in [-0.25, -0.2) is 0 Å². The summed E-state index contributed by atoms with van der Waals surface area (Å²) in [5.41, 5.74) is 3.63. The lowest BCUT2D eigenvalue weighted by Gasteiger charge is -2.44. The first kappa shape index (κ1) is 23.9. The summed E-state index contributed by atoms with van der Waals surface area (Å²) in [7, 11) is 0. The molecule has 1 aliphatic carbocycles. The molecule has 3 unspecified atom stereocenters. The highest BCUT2D eigenvalue weighted by Crippen LogP contribution is 2.50. The van der Waals surface area contributed by atoms with E-state index in [4.69, 9.17) is 14.2 Å². The van der Waals surface area contributed by atoms with Crippen LogP contribution in [0.4, 0.5) is 0 Å². The van der Waals surface area contributed by atoms with Gasteiger partial charge in [-0.2, -0.15) is 0 Å². The fraction of sp³-hybridized carbons (Fsp3) is 0.419. The summed E-state index contributed by atoms with van der Waals surface area (Å²) in [6.07, 6.45) is 5.99. The predicted molar refractivity (Wildman–Crippen MR) is 138 cm³/mol. The molecule has 5 rings (SSSR count). The summed E-state index contributed by atoms with van der Waals surface area (Å²) in [5.74, 6) is 2.16. The lowest BCUT2D eigenvalue weighted by atomic mass is 9.58. The van der Waals surface area contributed by atoms with E-state index in [-0.39, 0.29) is 11.5 Å². The second-order valence-electron chi connectivity index (χ2n) is 9.98. The van der Waals surface area contributed by atoms with E-state index in [1.807, 2.05) is 12.1 Å². The smallest absolute Gasteiger partial charge is 0.119 e. The summed E-state index contributed by atoms with van der Waals surface area (Å²) in [6, 6.07) is 28.2. The number of ether oxygens (including phenoxy) is 3. The number of aliphatic hydroxyl groups is 1. The Bertz CT molecular complexity index is 1000. The Morgan fingerprint density at radius 2 is 1.34 bits per heavy atom. The molecule has 1 aliphatic heterocycles. The van der Waals surface area contributed by atoms with E-state index < -0.39 is 6.10 Å². The van der Waals surface area contributed by atoms with Crippen LogP contribution in [0, 0.1) is 5.92 Å². The summed E-state index contributed by atoms with van der Waals surface area (Å²) in [4.78, 5) is 0. The van der Waals surface area contributed by atoms with Crippen LogP contribution in [0.1, 0.15) is 55.7 Å². The average molecular weight is 473 g/mol. The monoisotopic (exact) mass is 472 g/mol. The molecule has 1 saturated carbocycles. The van der Waals surface area contributed by atoms with Gasteiger partial charge in [0, 0.05) is 5.41 Å². The van der Waals surface area contributed by atoms with Gasteiger partial charge in [-0.1, -0.05) is 73.9 Å². The molecular weight excluding hydrogens is 436 g/mol. The minimum absolute atomic E-state index is 0.245. The van der Waals surface area contributed by atoms with Gasteiger partial charge in [-0.3, -0.25) is 0 Å². The van der Waals surface area contributed by atoms with Crippen molar-refractivity contribution in [3.05, 3.63) is 95.6 Å². The van der Waals surface area contributed by atoms with Gasteiger partial charge < -0.3 is 19.3 Å². The van der Waals surface area contributed by atoms with Gasteiger partial charge in [-0.15, -0.1) is 0 Å². The van der Waals surface area contributed by atoms with E-state index in [1.54, 1.807) is 6.92 Å². The van der Waals surface area contributed by atoms with Crippen LogP contribution in [0.5, 0.6) is 11.5 Å². The normalized spacial score (nSPS) is 20.6. The molecule has 1 N–H and O–H groups in total. The number of rotatable bonds is 10. The van der Waals surface area contributed by atoms with Crippen LogP contribution >= 0.6 is 0 Å². The zero-order valence-corrected chi connectivity index (χ0v) is 20.6. The Labute approximate surface area is 208 Å². The lowest BCUT2D eigenvalue weighted by molar-refractivity contribution is 0.122. The molecule has 3 aromatic rings. The van der Waals surface area contributed by atoms with Gasteiger partial charge in [0.25, 0.3) is 0 Å². The summed E-state index contributed by atoms with van der Waals surface area (Å²) >= 11 is 0. The maximum Gasteiger partial charge on any atom is 0.119 e. The third-order valence-electron chi connectivity index (χ3n) is 7.40. The van der Waals surface area contributed by atoms with Gasteiger partial charge in [-0.05, 0) is 66.6 Å². The van der Waals surface area contributed by atoms with Crippen molar-refractivity contribution in [3.63, 3.8) is 0 Å². The highest BCUT2D eigenvalue weighted by Gasteiger charge is 2.43. The molecule has 2 aliphatic rings. The Balaban J connectivity index is 1.57. The van der Waals surface area contributed by atoms with Crippen molar-refractivity contribution >= 4 is 0 Å². The van der Waals surface area contributed by atoms with E-state index in [9.17, 15) is 5.11 Å². The standard InChI is InChI=1S/C31H36O4/c1-23(32)20-33-28-16-12-26(13-17-28)31(24-8-4-2-5-9-24,25-10-6-3-7-11-25)27-14-18-29(19-15-27)34-21-30-22-35-30/h2,4-5,8-9,12-19,23,25,30,32H,3,6-7,10-11,20-22H2,1H3. The molecule has 0 radical (unpaired) electrons. The minimum Gasteiger partial charge on any atom is -0.491 e. The third kappa shape index (κ3) is 5.39. The van der Waals surface area contributed by atoms with E-state index in [0.29, 0.717) is 19.1 Å². The first-order valence-electron chi connectivity index (χ1n) is 13.0. The molecule has 3 aromatic carbocycles. The third-order valence-corrected chi connectivity index (χ3v) is 7.40. The van der Waals surface area contributed by atoms with Crippen molar-refractivity contribution in [1.29, 1.82) is 0 Å². The molecule has 3 atom stereocenters. The Morgan fingerprint density at radius 3 is 1.89 bits per heavy atom. The second kappa shape index (κ2) is 10.8. The predicted octanol–water partition coefficient (Wildman–Crippen LogP) is 6.14. The molecule has 4 heteroatoms. The zero-order chi connectivity index (χ0) is 24.1. The van der Waals surface area contributed by atoms with E-state index in [2.05, 4.69) is 66.7 Å². The van der Waals surface area contributed by atoms with Crippen LogP contribution < -0.4 is 9.47 Å². The molecule has 1 heterocycles. The molecule has 0 bridgehead atoms. The Kier molecular flexibility index (Phi) is 7.40. The summed E-state index contributed by atoms with van der Waals surface area (Å²) in [5, 5.41) is 9.62. The largest absolute Gasteiger partial charge is 0.491 e. The maximum absolute atomic E-state index is 9.62. The number of aliphatic hydroxyl groups excluding tert-OH is 1. The van der Waals surface area contributed by atoms with Gasteiger partial charge in [0.15, 0.2) is 0 Å². The summed E-state index contributed by atoms with van der Waals surface area (Å²) in [6.45, 7) is 3.44. The average Bonchev–Trinajstić information content (AvgIpc) is 3.74. The molecule has 1 saturated heterocycles. The molecule has 2 fully saturated rings. The van der Waals surface area contributed by atoms with Crippen molar-refractivity contribution in [2.24, 2.45) is 5.92 Å². The zero-order valence-electron chi connectivity index (χ0n) is 20.6. The quantitative estimate of drug-likeness (QED) is 0.284. The Morgan fingerprint density at radius 1 is 0.800 bits per heavy atom. The molecule has 0 aromatic heterocycles. The molecule has 0 amide bonds. The van der Waals surface area contributed by atoms with Crippen molar-refractivity contribution in [1.82, 2.24) is 0 Å². The number of hydrogen-bond acceptors (Lipinski definition) is 4. The van der Waals surface area contributed by atoms with E-state index in [0.717, 1.165) is 18.1 Å². The molecule has 35 heavy (non-hydrogen) atoms. The second-order valence-corrected chi connectivity index (χ2v) is 9.98. The van der Waals surface area contributed by atoms with Crippen LogP contribution in [0.3, 0.4) is 0 Å². The van der Waals surface area contributed by atoms with Crippen LogP contribution in [0.25, 0.3) is 0 Å². The van der Waals surface area contributed by atoms with Crippen LogP contribution in [-0.2, 0) is 10.2 Å². The SMILES string of the molecule is CC(O)COc1ccc(C(c2ccccc2)(c2ccc(OCC3CO3)cc2)C2CCCCC2)cc1. The maximum atomic E-state index is 9.62. The van der Waals surface area contributed by atoms with Crippen LogP contribution in [0.2, 0.25) is 0 Å². The van der Waals surface area contributed by atoms with Gasteiger partial charge in [0.05, 0.1) is 12.7 Å². The molecule has 0 spiro atoms. The summed E-state index contributed by atoms with van der Waals surface area (Å²) < 4.78 is 17.0. The lowest BCUT2D eigenvalue weighted by Crippen LogP contribution is -2.39. The minimum atomic E-state index is -0.493. The van der Waals surface area contributed by atoms with Crippen LogP contribution in [-0.4, -0.2) is 37.1 Å². The van der Waals surface area contributed by atoms with Gasteiger partial charge >= 0.3 is 0 Å². The van der Waals surface area contributed by atoms with Crippen molar-refractivity contribution in [2.75, 3.05) is 19.8 Å². The highest BCUT2D eigenvalue weighted by molar-refractivity contribution is 5.53. The van der Waals surface area contributed by atoms with Gasteiger partial charge in [0.2, 0.25) is 0 Å². The fourth-order valence-electron chi connectivity index (χ4n) is 5.64. The van der Waals surface area contributed by atoms with Gasteiger partial charge in [0.1, 0.15) is 30.8 Å². The fourth-order valence-corrected chi connectivity index (χ4v) is 5.64. The number of hydrogen-bond donors (Lipinski definition) is 1. The van der Waals surface area contributed by atoms with Crippen LogP contribution in [0.15, 0.2) is 78.9 Å². The molecular formula is C31H36O4. The highest BCUT2D eigenvalue weighted by atomic mass is 16.6. The van der Waals surface area contributed by atoms with E-state index in [1.165, 1.54) is 48.8 Å².